The molecular weight excluding hydrogens is 162 g/mol. The van der Waals surface area contributed by atoms with E-state index in [1.54, 1.807) is 0 Å². The molecule has 0 spiro atoms. The topological polar surface area (TPSA) is 46.2 Å². The van der Waals surface area contributed by atoms with Crippen LogP contribution in [0.4, 0.5) is 0 Å². The Bertz CT molecular complexity index is 143. The van der Waals surface area contributed by atoms with Gasteiger partial charge in [-0.3, -0.25) is 0 Å². The van der Waals surface area contributed by atoms with Gasteiger partial charge in [0.05, 0.1) is 5.75 Å². The molecule has 0 atom stereocenters. The SMILES string of the molecule is CCCS(=O)(=O)NC.Cl. The maximum absolute atomic E-state index is 10.5. The van der Waals surface area contributed by atoms with E-state index in [4.69, 9.17) is 0 Å². The van der Waals surface area contributed by atoms with E-state index < -0.39 is 10.0 Å². The maximum atomic E-state index is 10.5. The van der Waals surface area contributed by atoms with Gasteiger partial charge in [-0.05, 0) is 13.5 Å². The number of nitrogens with one attached hydrogen (secondary N) is 1. The highest BCUT2D eigenvalue weighted by atomic mass is 35.5. The Kier molecular flexibility index (Phi) is 6.66. The molecule has 0 saturated heterocycles. The van der Waals surface area contributed by atoms with Gasteiger partial charge in [0.2, 0.25) is 10.0 Å². The monoisotopic (exact) mass is 173 g/mol. The molecule has 0 aliphatic carbocycles. The van der Waals surface area contributed by atoms with Crippen molar-refractivity contribution in [2.24, 2.45) is 0 Å². The largest absolute Gasteiger partial charge is 0.218 e. The van der Waals surface area contributed by atoms with Gasteiger partial charge in [0.1, 0.15) is 0 Å². The second kappa shape index (κ2) is 5.02. The highest BCUT2D eigenvalue weighted by Crippen LogP contribution is 1.84. The fourth-order valence-electron chi connectivity index (χ4n) is 0.371. The Morgan fingerprint density at radius 3 is 2.00 bits per heavy atom. The van der Waals surface area contributed by atoms with Crippen molar-refractivity contribution in [2.45, 2.75) is 13.3 Å². The van der Waals surface area contributed by atoms with E-state index in [1.165, 1.54) is 7.05 Å². The van der Waals surface area contributed by atoms with Crippen molar-refractivity contribution in [1.29, 1.82) is 0 Å². The highest BCUT2D eigenvalue weighted by molar-refractivity contribution is 7.89. The Morgan fingerprint density at radius 1 is 1.44 bits per heavy atom. The molecule has 0 heterocycles. The lowest BCUT2D eigenvalue weighted by Gasteiger charge is -1.95. The molecule has 58 valence electrons. The normalized spacial score (nSPS) is 10.4. The van der Waals surface area contributed by atoms with Gasteiger partial charge < -0.3 is 0 Å². The zero-order chi connectivity index (χ0) is 6.62. The van der Waals surface area contributed by atoms with Crippen molar-refractivity contribution in [3.63, 3.8) is 0 Å². The first-order valence-electron chi connectivity index (χ1n) is 2.53. The standard InChI is InChI=1S/C4H11NO2S.ClH/c1-3-4-8(6,7)5-2;/h5H,3-4H2,1-2H3;1H. The van der Waals surface area contributed by atoms with Crippen LogP contribution in [0.2, 0.25) is 0 Å². The Morgan fingerprint density at radius 2 is 1.89 bits per heavy atom. The van der Waals surface area contributed by atoms with Crippen molar-refractivity contribution in [1.82, 2.24) is 4.72 Å². The zero-order valence-electron chi connectivity index (χ0n) is 5.55. The third-order valence-electron chi connectivity index (χ3n) is 0.784. The lowest BCUT2D eigenvalue weighted by molar-refractivity contribution is 0.587. The van der Waals surface area contributed by atoms with Crippen molar-refractivity contribution < 1.29 is 8.42 Å². The Labute approximate surface area is 62.3 Å². The minimum atomic E-state index is -2.92. The first kappa shape index (κ1) is 11.9. The summed E-state index contributed by atoms with van der Waals surface area (Å²) in [5.41, 5.74) is 0. The summed E-state index contributed by atoms with van der Waals surface area (Å²) in [6.07, 6.45) is 0.670. The molecule has 1 N–H and O–H groups in total. The molecule has 5 heteroatoms. The summed E-state index contributed by atoms with van der Waals surface area (Å²) in [5, 5.41) is 0. The average molecular weight is 174 g/mol. The van der Waals surface area contributed by atoms with Crippen molar-refractivity contribution in [3.8, 4) is 0 Å². The molecule has 0 radical (unpaired) electrons. The molecule has 0 aromatic rings. The molecule has 3 nitrogen and oxygen atoms in total. The van der Waals surface area contributed by atoms with E-state index >= 15 is 0 Å². The van der Waals surface area contributed by atoms with Crippen LogP contribution in [0.25, 0.3) is 0 Å². The lowest BCUT2D eigenvalue weighted by Crippen LogP contribution is -2.21. The van der Waals surface area contributed by atoms with E-state index in [9.17, 15) is 8.42 Å². The van der Waals surface area contributed by atoms with Gasteiger partial charge in [-0.25, -0.2) is 13.1 Å². The van der Waals surface area contributed by atoms with E-state index in [2.05, 4.69) is 4.72 Å². The molecule has 0 fully saturated rings. The van der Waals surface area contributed by atoms with Crippen molar-refractivity contribution in [3.05, 3.63) is 0 Å². The predicted molar refractivity (Wildman–Crippen MR) is 40.4 cm³/mol. The summed E-state index contributed by atoms with van der Waals surface area (Å²) in [6.45, 7) is 1.83. The smallest absolute Gasteiger partial charge is 0.211 e. The Balaban J connectivity index is 0. The zero-order valence-corrected chi connectivity index (χ0v) is 7.18. The molecule has 0 bridgehead atoms. The molecule has 0 aliphatic rings. The molecule has 0 saturated carbocycles. The second-order valence-corrected chi connectivity index (χ2v) is 3.57. The van der Waals surface area contributed by atoms with Gasteiger partial charge >= 0.3 is 0 Å². The second-order valence-electron chi connectivity index (χ2n) is 1.52. The third kappa shape index (κ3) is 6.08. The fourth-order valence-corrected chi connectivity index (χ4v) is 1.11. The van der Waals surface area contributed by atoms with Crippen molar-refractivity contribution >= 4 is 22.4 Å². The van der Waals surface area contributed by atoms with Gasteiger partial charge in [0, 0.05) is 0 Å². The van der Waals surface area contributed by atoms with Crippen molar-refractivity contribution in [2.75, 3.05) is 12.8 Å². The summed E-state index contributed by atoms with van der Waals surface area (Å²) in [5.74, 6) is 0.226. The van der Waals surface area contributed by atoms with Crippen LogP contribution in [-0.2, 0) is 10.0 Å². The summed E-state index contributed by atoms with van der Waals surface area (Å²) in [4.78, 5) is 0. The maximum Gasteiger partial charge on any atom is 0.211 e. The molecule has 0 aromatic heterocycles. The molecule has 0 amide bonds. The van der Waals surface area contributed by atoms with E-state index in [-0.39, 0.29) is 18.2 Å². The van der Waals surface area contributed by atoms with Crippen LogP contribution in [0.5, 0.6) is 0 Å². The first-order chi connectivity index (χ1) is 3.62. The lowest BCUT2D eigenvalue weighted by atomic mass is 10.6. The minimum absolute atomic E-state index is 0. The molecule has 0 aromatic carbocycles. The highest BCUT2D eigenvalue weighted by Gasteiger charge is 2.01. The molecule has 9 heavy (non-hydrogen) atoms. The molecule has 0 aliphatic heterocycles. The quantitative estimate of drug-likeness (QED) is 0.671. The molecule has 0 rings (SSSR count). The van der Waals surface area contributed by atoms with Gasteiger partial charge in [-0.15, -0.1) is 12.4 Å². The van der Waals surface area contributed by atoms with Gasteiger partial charge in [-0.1, -0.05) is 6.92 Å². The average Bonchev–Trinajstić information content (AvgIpc) is 1.67. The number of sulfonamides is 1. The van der Waals surface area contributed by atoms with Gasteiger partial charge in [0.15, 0.2) is 0 Å². The number of hydrogen-bond acceptors (Lipinski definition) is 2. The van der Waals surface area contributed by atoms with Crippen LogP contribution < -0.4 is 4.72 Å². The van der Waals surface area contributed by atoms with E-state index in [0.717, 1.165) is 0 Å². The third-order valence-corrected chi connectivity index (χ3v) is 2.35. The molecular formula is C4H12ClNO2S. The van der Waals surface area contributed by atoms with Gasteiger partial charge in [-0.2, -0.15) is 0 Å². The van der Waals surface area contributed by atoms with Gasteiger partial charge in [0.25, 0.3) is 0 Å². The van der Waals surface area contributed by atoms with E-state index in [1.807, 2.05) is 6.92 Å². The first-order valence-corrected chi connectivity index (χ1v) is 4.19. The number of hydrogen-bond donors (Lipinski definition) is 1. The summed E-state index contributed by atoms with van der Waals surface area (Å²) < 4.78 is 23.2. The van der Waals surface area contributed by atoms with Crippen LogP contribution in [0.1, 0.15) is 13.3 Å². The summed E-state index contributed by atoms with van der Waals surface area (Å²) in [6, 6.07) is 0. The van der Waals surface area contributed by atoms with Crippen LogP contribution in [0.15, 0.2) is 0 Å². The minimum Gasteiger partial charge on any atom is -0.218 e. The number of halogens is 1. The summed E-state index contributed by atoms with van der Waals surface area (Å²) >= 11 is 0. The fraction of sp³-hybridized carbons (Fsp3) is 1.00. The van der Waals surface area contributed by atoms with Crippen LogP contribution in [0, 0.1) is 0 Å². The predicted octanol–water partition coefficient (Wildman–Crippen LogP) is 0.367. The number of rotatable bonds is 3. The summed E-state index contributed by atoms with van der Waals surface area (Å²) in [7, 11) is -1.50. The molecule has 0 unspecified atom stereocenters. The Hall–Kier alpha value is 0.200. The van der Waals surface area contributed by atoms with E-state index in [0.29, 0.717) is 6.42 Å². The van der Waals surface area contributed by atoms with Crippen LogP contribution in [-0.4, -0.2) is 21.2 Å². The van der Waals surface area contributed by atoms with Crippen LogP contribution >= 0.6 is 12.4 Å². The van der Waals surface area contributed by atoms with Crippen LogP contribution in [0.3, 0.4) is 0 Å².